The zero-order valence-corrected chi connectivity index (χ0v) is 14.8. The van der Waals surface area contributed by atoms with Gasteiger partial charge >= 0.3 is 12.3 Å². The van der Waals surface area contributed by atoms with Gasteiger partial charge in [0.15, 0.2) is 5.71 Å². The largest absolute Gasteiger partial charge is 0.444 e. The molecule has 0 atom stereocenters. The number of para-hydroxylation sites is 1. The number of hydrogen-bond acceptors (Lipinski definition) is 4. The summed E-state index contributed by atoms with van der Waals surface area (Å²) in [5.41, 5.74) is 2.37. The third-order valence-electron chi connectivity index (χ3n) is 2.41. The standard InChI is InChI=1S/C15H17BrF3N3O2/c1-14(2,3)24-13(23)22-11(8-20)12(15(17,18)19)21-10-7-5-4-6-9(10)16/h4-8H,20H2,1-3H3,(H,22,23)/b11-8+,21-12?. The Morgan fingerprint density at radius 1 is 1.29 bits per heavy atom. The van der Waals surface area contributed by atoms with E-state index in [1.807, 2.05) is 5.32 Å². The Kier molecular flexibility index (Phi) is 6.42. The Balaban J connectivity index is 3.20. The predicted molar refractivity (Wildman–Crippen MR) is 88.9 cm³/mol. The van der Waals surface area contributed by atoms with Crippen LogP contribution in [-0.4, -0.2) is 23.6 Å². The topological polar surface area (TPSA) is 76.7 Å². The zero-order chi connectivity index (χ0) is 18.5. The van der Waals surface area contributed by atoms with E-state index in [4.69, 9.17) is 10.5 Å². The number of allylic oxidation sites excluding steroid dienone is 1. The van der Waals surface area contributed by atoms with Crippen LogP contribution in [0.4, 0.5) is 23.7 Å². The van der Waals surface area contributed by atoms with E-state index >= 15 is 0 Å². The second-order valence-electron chi connectivity index (χ2n) is 5.62. The van der Waals surface area contributed by atoms with Crippen molar-refractivity contribution in [3.05, 3.63) is 40.6 Å². The van der Waals surface area contributed by atoms with Gasteiger partial charge in [-0.3, -0.25) is 5.32 Å². The lowest BCUT2D eigenvalue weighted by Gasteiger charge is -2.21. The van der Waals surface area contributed by atoms with Gasteiger partial charge in [-0.1, -0.05) is 12.1 Å². The molecule has 0 aliphatic heterocycles. The first-order valence-corrected chi connectivity index (χ1v) is 7.56. The summed E-state index contributed by atoms with van der Waals surface area (Å²) in [6, 6.07) is 6.09. The minimum absolute atomic E-state index is 0.0372. The number of nitrogens with two attached hydrogens (primary N) is 1. The Bertz CT molecular complexity index is 665. The predicted octanol–water partition coefficient (Wildman–Crippen LogP) is 4.41. The Labute approximate surface area is 145 Å². The molecule has 9 heteroatoms. The second kappa shape index (κ2) is 7.69. The highest BCUT2D eigenvalue weighted by Crippen LogP contribution is 2.29. The van der Waals surface area contributed by atoms with E-state index in [9.17, 15) is 18.0 Å². The molecule has 0 radical (unpaired) electrons. The molecule has 5 nitrogen and oxygen atoms in total. The number of halogens is 4. The highest BCUT2D eigenvalue weighted by Gasteiger charge is 2.39. The lowest BCUT2D eigenvalue weighted by Crippen LogP contribution is -2.38. The van der Waals surface area contributed by atoms with Crippen molar-refractivity contribution < 1.29 is 22.7 Å². The normalized spacial score (nSPS) is 13.6. The van der Waals surface area contributed by atoms with Gasteiger partial charge in [0.1, 0.15) is 5.60 Å². The molecule has 0 fully saturated rings. The van der Waals surface area contributed by atoms with E-state index < -0.39 is 29.3 Å². The van der Waals surface area contributed by atoms with Crippen LogP contribution in [0.15, 0.2) is 45.6 Å². The van der Waals surface area contributed by atoms with Crippen LogP contribution in [0.3, 0.4) is 0 Å². The van der Waals surface area contributed by atoms with Gasteiger partial charge in [0.25, 0.3) is 0 Å². The van der Waals surface area contributed by atoms with Crippen LogP contribution < -0.4 is 11.1 Å². The van der Waals surface area contributed by atoms with Crippen molar-refractivity contribution in [2.24, 2.45) is 10.7 Å². The third kappa shape index (κ3) is 6.23. The smallest absolute Gasteiger partial charge is 0.435 e. The average molecular weight is 408 g/mol. The SMILES string of the molecule is CC(C)(C)OC(=O)N/C(=C/N)C(=Nc1ccccc1Br)C(F)(F)F. The molecule has 0 aliphatic carbocycles. The highest BCUT2D eigenvalue weighted by molar-refractivity contribution is 9.10. The molecule has 0 unspecified atom stereocenters. The van der Waals surface area contributed by atoms with Gasteiger partial charge in [-0.15, -0.1) is 0 Å². The molecule has 3 N–H and O–H groups in total. The van der Waals surface area contributed by atoms with Crippen molar-refractivity contribution in [1.82, 2.24) is 5.32 Å². The number of ether oxygens (including phenoxy) is 1. The summed E-state index contributed by atoms with van der Waals surface area (Å²) in [7, 11) is 0. The summed E-state index contributed by atoms with van der Waals surface area (Å²) >= 11 is 3.12. The molecular weight excluding hydrogens is 391 g/mol. The molecule has 1 aromatic rings. The number of nitrogens with one attached hydrogen (secondary N) is 1. The third-order valence-corrected chi connectivity index (χ3v) is 3.08. The molecule has 132 valence electrons. The quantitative estimate of drug-likeness (QED) is 0.728. The number of aliphatic imine (C=N–C) groups is 1. The van der Waals surface area contributed by atoms with Crippen molar-refractivity contribution in [2.75, 3.05) is 0 Å². The monoisotopic (exact) mass is 407 g/mol. The summed E-state index contributed by atoms with van der Waals surface area (Å²) < 4.78 is 45.3. The first-order chi connectivity index (χ1) is 10.9. The number of carbonyl (C=O) groups excluding carboxylic acids is 1. The van der Waals surface area contributed by atoms with E-state index in [0.29, 0.717) is 10.7 Å². The van der Waals surface area contributed by atoms with E-state index in [2.05, 4.69) is 20.9 Å². The molecule has 0 saturated carbocycles. The molecule has 1 rings (SSSR count). The molecule has 0 aromatic heterocycles. The minimum atomic E-state index is -4.84. The maximum atomic E-state index is 13.3. The summed E-state index contributed by atoms with van der Waals surface area (Å²) in [4.78, 5) is 15.3. The first-order valence-electron chi connectivity index (χ1n) is 6.76. The molecule has 0 bridgehead atoms. The second-order valence-corrected chi connectivity index (χ2v) is 6.47. The minimum Gasteiger partial charge on any atom is -0.444 e. The summed E-state index contributed by atoms with van der Waals surface area (Å²) in [6.07, 6.45) is -5.29. The Morgan fingerprint density at radius 2 is 1.88 bits per heavy atom. The summed E-state index contributed by atoms with van der Waals surface area (Å²) in [5, 5.41) is 1.98. The van der Waals surface area contributed by atoms with Gasteiger partial charge in [-0.2, -0.15) is 13.2 Å². The number of amides is 1. The Hall–Kier alpha value is -2.03. The van der Waals surface area contributed by atoms with Gasteiger partial charge in [0.05, 0.1) is 11.4 Å². The molecule has 1 aromatic carbocycles. The van der Waals surface area contributed by atoms with E-state index in [1.165, 1.54) is 12.1 Å². The lowest BCUT2D eigenvalue weighted by atomic mass is 10.2. The summed E-state index contributed by atoms with van der Waals surface area (Å²) in [6.45, 7) is 4.74. The van der Waals surface area contributed by atoms with Crippen LogP contribution in [0.25, 0.3) is 0 Å². The van der Waals surface area contributed by atoms with Crippen LogP contribution in [0, 0.1) is 0 Å². The van der Waals surface area contributed by atoms with Crippen molar-refractivity contribution in [1.29, 1.82) is 0 Å². The van der Waals surface area contributed by atoms with Gasteiger partial charge in [-0.25, -0.2) is 9.79 Å². The number of nitrogens with zero attached hydrogens (tertiary/aromatic N) is 1. The van der Waals surface area contributed by atoms with Crippen molar-refractivity contribution in [3.63, 3.8) is 0 Å². The van der Waals surface area contributed by atoms with Crippen LogP contribution in [0.2, 0.25) is 0 Å². The lowest BCUT2D eigenvalue weighted by molar-refractivity contribution is -0.0584. The molecular formula is C15H17BrF3N3O2. The molecule has 0 aliphatic rings. The zero-order valence-electron chi connectivity index (χ0n) is 13.2. The molecule has 0 heterocycles. The van der Waals surface area contributed by atoms with Gasteiger partial charge in [0, 0.05) is 10.7 Å². The van der Waals surface area contributed by atoms with Gasteiger partial charge < -0.3 is 10.5 Å². The molecule has 0 spiro atoms. The van der Waals surface area contributed by atoms with Crippen LogP contribution in [0.5, 0.6) is 0 Å². The number of hydrogen-bond donors (Lipinski definition) is 2. The molecule has 0 saturated heterocycles. The van der Waals surface area contributed by atoms with Crippen LogP contribution in [0.1, 0.15) is 20.8 Å². The van der Waals surface area contributed by atoms with E-state index in [-0.39, 0.29) is 5.69 Å². The number of alkyl carbamates (subject to hydrolysis) is 1. The Morgan fingerprint density at radius 3 is 2.33 bits per heavy atom. The van der Waals surface area contributed by atoms with Crippen molar-refractivity contribution in [2.45, 2.75) is 32.5 Å². The number of carbonyl (C=O) groups is 1. The van der Waals surface area contributed by atoms with Crippen molar-refractivity contribution >= 4 is 33.4 Å². The molecule has 1 amide bonds. The van der Waals surface area contributed by atoms with Gasteiger partial charge in [-0.05, 0) is 48.8 Å². The first kappa shape index (κ1) is 20.0. The van der Waals surface area contributed by atoms with Crippen LogP contribution >= 0.6 is 15.9 Å². The van der Waals surface area contributed by atoms with Crippen molar-refractivity contribution in [3.8, 4) is 0 Å². The summed E-state index contributed by atoms with van der Waals surface area (Å²) in [5.74, 6) is 0. The van der Waals surface area contributed by atoms with Crippen LogP contribution in [-0.2, 0) is 4.74 Å². The van der Waals surface area contributed by atoms with E-state index in [1.54, 1.807) is 32.9 Å². The number of rotatable bonds is 3. The molecule has 24 heavy (non-hydrogen) atoms. The fourth-order valence-electron chi connectivity index (χ4n) is 1.53. The maximum Gasteiger partial charge on any atom is 0.435 e. The maximum absolute atomic E-state index is 13.3. The highest BCUT2D eigenvalue weighted by atomic mass is 79.9. The average Bonchev–Trinajstić information content (AvgIpc) is 2.41. The fourth-order valence-corrected chi connectivity index (χ4v) is 1.91. The number of benzene rings is 1. The number of alkyl halides is 3. The fraction of sp³-hybridized carbons (Fsp3) is 0.333. The van der Waals surface area contributed by atoms with E-state index in [0.717, 1.165) is 0 Å². The van der Waals surface area contributed by atoms with Gasteiger partial charge in [0.2, 0.25) is 0 Å².